The molecule has 1 rings (SSSR count). The number of unbranched alkanes of at least 4 members (excludes halogenated alkanes) is 1. The van der Waals surface area contributed by atoms with Crippen molar-refractivity contribution in [1.29, 1.82) is 0 Å². The number of aryl methyl sites for hydroxylation is 1. The van der Waals surface area contributed by atoms with Gasteiger partial charge in [0.05, 0.1) is 18.9 Å². The van der Waals surface area contributed by atoms with Crippen LogP contribution in [0.3, 0.4) is 0 Å². The van der Waals surface area contributed by atoms with E-state index in [0.717, 1.165) is 25.9 Å². The molecule has 1 N–H and O–H groups in total. The minimum atomic E-state index is -0.122. The second-order valence-electron chi connectivity index (χ2n) is 4.36. The summed E-state index contributed by atoms with van der Waals surface area (Å²) in [5, 5.41) is 3.28. The number of ether oxygens (including phenoxy) is 1. The van der Waals surface area contributed by atoms with Gasteiger partial charge in [-0.3, -0.25) is 4.79 Å². The fourth-order valence-electron chi connectivity index (χ4n) is 1.65. The molecular formula is C13H23N3O2. The molecule has 1 aromatic rings. The number of aromatic nitrogens is 2. The van der Waals surface area contributed by atoms with Crippen LogP contribution < -0.4 is 5.32 Å². The topological polar surface area (TPSA) is 56.1 Å². The number of carbonyl (C=O) groups excluding carboxylic acids is 1. The average Bonchev–Trinajstić information content (AvgIpc) is 2.86. The Kier molecular flexibility index (Phi) is 7.10. The van der Waals surface area contributed by atoms with Gasteiger partial charge in [0.15, 0.2) is 0 Å². The molecule has 5 nitrogen and oxygen atoms in total. The molecule has 1 unspecified atom stereocenters. The predicted octanol–water partition coefficient (Wildman–Crippen LogP) is 1.45. The minimum Gasteiger partial charge on any atom is -0.466 e. The molecule has 0 saturated heterocycles. The Labute approximate surface area is 109 Å². The van der Waals surface area contributed by atoms with E-state index in [1.54, 1.807) is 6.20 Å². The molecule has 0 aliphatic rings. The Bertz CT molecular complexity index is 325. The predicted molar refractivity (Wildman–Crippen MR) is 70.1 cm³/mol. The lowest BCUT2D eigenvalue weighted by atomic mass is 10.2. The molecule has 5 heteroatoms. The number of hydrogen-bond acceptors (Lipinski definition) is 4. The summed E-state index contributed by atoms with van der Waals surface area (Å²) in [7, 11) is 0. The van der Waals surface area contributed by atoms with Crippen LogP contribution in [0.5, 0.6) is 0 Å². The maximum Gasteiger partial charge on any atom is 0.309 e. The molecule has 1 aromatic heterocycles. The number of hydrogen-bond donors (Lipinski definition) is 1. The van der Waals surface area contributed by atoms with Crippen LogP contribution in [0.1, 0.15) is 26.7 Å². The average molecular weight is 253 g/mol. The van der Waals surface area contributed by atoms with Crippen LogP contribution in [-0.2, 0) is 16.1 Å². The minimum absolute atomic E-state index is 0.0707. The molecule has 1 atom stereocenters. The summed E-state index contributed by atoms with van der Waals surface area (Å²) in [4.78, 5) is 15.3. The highest BCUT2D eigenvalue weighted by Gasteiger charge is 2.12. The van der Waals surface area contributed by atoms with Crippen molar-refractivity contribution in [1.82, 2.24) is 14.9 Å². The van der Waals surface area contributed by atoms with E-state index in [4.69, 9.17) is 4.74 Å². The standard InChI is InChI=1S/C13H23N3O2/c1-3-18-13(17)12(2)10-14-6-4-5-8-16-9-7-15-11-16/h7,9,11-12,14H,3-6,8,10H2,1-2H3. The first-order valence-electron chi connectivity index (χ1n) is 6.57. The fourth-order valence-corrected chi connectivity index (χ4v) is 1.65. The van der Waals surface area contributed by atoms with Gasteiger partial charge in [0.2, 0.25) is 0 Å². The highest BCUT2D eigenvalue weighted by atomic mass is 16.5. The lowest BCUT2D eigenvalue weighted by Gasteiger charge is -2.11. The molecule has 18 heavy (non-hydrogen) atoms. The lowest BCUT2D eigenvalue weighted by molar-refractivity contribution is -0.147. The second kappa shape index (κ2) is 8.69. The molecule has 1 heterocycles. The van der Waals surface area contributed by atoms with E-state index in [9.17, 15) is 4.79 Å². The second-order valence-corrected chi connectivity index (χ2v) is 4.36. The third-order valence-corrected chi connectivity index (χ3v) is 2.72. The van der Waals surface area contributed by atoms with Gasteiger partial charge < -0.3 is 14.6 Å². The van der Waals surface area contributed by atoms with E-state index in [1.165, 1.54) is 0 Å². The number of rotatable bonds is 9. The molecular weight excluding hydrogens is 230 g/mol. The Hall–Kier alpha value is -1.36. The van der Waals surface area contributed by atoms with Crippen LogP contribution in [0.15, 0.2) is 18.7 Å². The number of nitrogens with zero attached hydrogens (tertiary/aromatic N) is 2. The third-order valence-electron chi connectivity index (χ3n) is 2.72. The van der Waals surface area contributed by atoms with Crippen molar-refractivity contribution < 1.29 is 9.53 Å². The van der Waals surface area contributed by atoms with Crippen LogP contribution in [0.4, 0.5) is 0 Å². The number of imidazole rings is 1. The van der Waals surface area contributed by atoms with Crippen LogP contribution in [0.2, 0.25) is 0 Å². The molecule has 0 aromatic carbocycles. The van der Waals surface area contributed by atoms with Gasteiger partial charge in [-0.2, -0.15) is 0 Å². The number of esters is 1. The van der Waals surface area contributed by atoms with Gasteiger partial charge in [-0.25, -0.2) is 4.98 Å². The lowest BCUT2D eigenvalue weighted by Crippen LogP contribution is -2.28. The van der Waals surface area contributed by atoms with E-state index in [-0.39, 0.29) is 11.9 Å². The summed E-state index contributed by atoms with van der Waals surface area (Å²) >= 11 is 0. The summed E-state index contributed by atoms with van der Waals surface area (Å²) in [5.74, 6) is -0.193. The van der Waals surface area contributed by atoms with Crippen molar-refractivity contribution in [3.05, 3.63) is 18.7 Å². The summed E-state index contributed by atoms with van der Waals surface area (Å²) in [6.45, 7) is 6.77. The van der Waals surface area contributed by atoms with E-state index in [1.807, 2.05) is 26.4 Å². The van der Waals surface area contributed by atoms with Gasteiger partial charge in [-0.1, -0.05) is 6.92 Å². The van der Waals surface area contributed by atoms with E-state index in [0.29, 0.717) is 13.2 Å². The highest BCUT2D eigenvalue weighted by Crippen LogP contribution is 1.98. The zero-order valence-corrected chi connectivity index (χ0v) is 11.3. The highest BCUT2D eigenvalue weighted by molar-refractivity contribution is 5.72. The Morgan fingerprint density at radius 1 is 1.50 bits per heavy atom. The Balaban J connectivity index is 1.96. The smallest absolute Gasteiger partial charge is 0.309 e. The molecule has 102 valence electrons. The quantitative estimate of drug-likeness (QED) is 0.534. The molecule has 0 aliphatic carbocycles. The van der Waals surface area contributed by atoms with Crippen molar-refractivity contribution in [3.8, 4) is 0 Å². The maximum atomic E-state index is 11.3. The fraction of sp³-hybridized carbons (Fsp3) is 0.692. The van der Waals surface area contributed by atoms with Crippen LogP contribution in [0.25, 0.3) is 0 Å². The van der Waals surface area contributed by atoms with Gasteiger partial charge in [-0.05, 0) is 26.3 Å². The zero-order valence-electron chi connectivity index (χ0n) is 11.3. The van der Waals surface area contributed by atoms with Gasteiger partial charge in [0, 0.05) is 25.5 Å². The van der Waals surface area contributed by atoms with Gasteiger partial charge in [0.25, 0.3) is 0 Å². The van der Waals surface area contributed by atoms with Crippen molar-refractivity contribution in [2.24, 2.45) is 5.92 Å². The Morgan fingerprint density at radius 2 is 2.33 bits per heavy atom. The normalized spacial score (nSPS) is 12.3. The van der Waals surface area contributed by atoms with Crippen molar-refractivity contribution in [3.63, 3.8) is 0 Å². The summed E-state index contributed by atoms with van der Waals surface area (Å²) in [6, 6.07) is 0. The molecule has 0 saturated carbocycles. The van der Waals surface area contributed by atoms with Crippen molar-refractivity contribution in [2.45, 2.75) is 33.2 Å². The molecule has 0 aliphatic heterocycles. The first-order valence-corrected chi connectivity index (χ1v) is 6.57. The first kappa shape index (κ1) is 14.7. The summed E-state index contributed by atoms with van der Waals surface area (Å²) in [6.07, 6.45) is 7.79. The summed E-state index contributed by atoms with van der Waals surface area (Å²) < 4.78 is 7.01. The van der Waals surface area contributed by atoms with Crippen LogP contribution in [-0.4, -0.2) is 35.2 Å². The maximum absolute atomic E-state index is 11.3. The number of carbonyl (C=O) groups is 1. The molecule has 0 bridgehead atoms. The molecule has 0 spiro atoms. The van der Waals surface area contributed by atoms with Gasteiger partial charge in [-0.15, -0.1) is 0 Å². The molecule has 0 amide bonds. The van der Waals surface area contributed by atoms with Gasteiger partial charge >= 0.3 is 5.97 Å². The van der Waals surface area contributed by atoms with E-state index < -0.39 is 0 Å². The van der Waals surface area contributed by atoms with Crippen LogP contribution >= 0.6 is 0 Å². The molecule has 0 radical (unpaired) electrons. The third kappa shape index (κ3) is 5.82. The number of nitrogens with one attached hydrogen (secondary N) is 1. The van der Waals surface area contributed by atoms with Crippen molar-refractivity contribution >= 4 is 5.97 Å². The largest absolute Gasteiger partial charge is 0.466 e. The van der Waals surface area contributed by atoms with E-state index in [2.05, 4.69) is 14.9 Å². The van der Waals surface area contributed by atoms with Gasteiger partial charge in [0.1, 0.15) is 0 Å². The first-order chi connectivity index (χ1) is 8.74. The monoisotopic (exact) mass is 253 g/mol. The molecule has 0 fully saturated rings. The van der Waals surface area contributed by atoms with E-state index >= 15 is 0 Å². The van der Waals surface area contributed by atoms with Crippen LogP contribution in [0, 0.1) is 5.92 Å². The summed E-state index contributed by atoms with van der Waals surface area (Å²) in [5.41, 5.74) is 0. The Morgan fingerprint density at radius 3 is 3.00 bits per heavy atom. The zero-order chi connectivity index (χ0) is 13.2. The SMILES string of the molecule is CCOC(=O)C(C)CNCCCCn1ccnc1. The van der Waals surface area contributed by atoms with Crippen molar-refractivity contribution in [2.75, 3.05) is 19.7 Å².